The van der Waals surface area contributed by atoms with Crippen LogP contribution in [0, 0.1) is 11.3 Å². The summed E-state index contributed by atoms with van der Waals surface area (Å²) in [6.45, 7) is 1.43. The molecule has 0 amide bonds. The molecule has 0 spiro atoms. The largest absolute Gasteiger partial charge is 0.508 e. The van der Waals surface area contributed by atoms with E-state index in [1.807, 2.05) is 0 Å². The maximum absolute atomic E-state index is 8.72. The van der Waals surface area contributed by atoms with Crippen LogP contribution in [-0.4, -0.2) is 5.11 Å². The first kappa shape index (κ1) is 9.86. The topological polar surface area (TPSA) is 44.0 Å². The van der Waals surface area contributed by atoms with Crippen molar-refractivity contribution in [2.75, 3.05) is 0 Å². The minimum Gasteiger partial charge on any atom is -0.508 e. The Bertz CT molecular complexity index is 216. The first-order valence-electron chi connectivity index (χ1n) is 2.99. The third kappa shape index (κ3) is 5.31. The van der Waals surface area contributed by atoms with Crippen LogP contribution in [0.4, 0.5) is 0 Å². The Morgan fingerprint density at radius 3 is 2.00 bits per heavy atom. The van der Waals surface area contributed by atoms with E-state index in [9.17, 15) is 0 Å². The van der Waals surface area contributed by atoms with Gasteiger partial charge < -0.3 is 5.11 Å². The lowest BCUT2D eigenvalue weighted by molar-refractivity contribution is 0.475. The predicted molar refractivity (Wildman–Crippen MR) is 46.6 cm³/mol. The maximum Gasteiger partial charge on any atom is 0.115 e. The third-order valence-corrected chi connectivity index (χ3v) is 1.15. The molecular formula is C8H9NOS. The summed E-state index contributed by atoms with van der Waals surface area (Å²) in [5.74, 6) is 0.280. The molecule has 0 heterocycles. The van der Waals surface area contributed by atoms with Crippen molar-refractivity contribution >= 4 is 12.6 Å². The van der Waals surface area contributed by atoms with Crippen LogP contribution in [0.5, 0.6) is 5.75 Å². The van der Waals surface area contributed by atoms with Gasteiger partial charge in [-0.05, 0) is 24.3 Å². The van der Waals surface area contributed by atoms with Gasteiger partial charge in [0.15, 0.2) is 0 Å². The third-order valence-electron chi connectivity index (χ3n) is 0.850. The summed E-state index contributed by atoms with van der Waals surface area (Å²) in [7, 11) is 0. The molecule has 0 fully saturated rings. The van der Waals surface area contributed by atoms with Gasteiger partial charge in [-0.25, -0.2) is 0 Å². The lowest BCUT2D eigenvalue weighted by Gasteiger charge is -1.88. The molecule has 58 valence electrons. The molecule has 1 aromatic rings. The number of hydrogen-bond donors (Lipinski definition) is 2. The Balaban J connectivity index is 0.000000292. The molecule has 1 rings (SSSR count). The lowest BCUT2D eigenvalue weighted by Crippen LogP contribution is -1.62. The molecule has 0 aromatic heterocycles. The zero-order valence-corrected chi connectivity index (χ0v) is 7.05. The van der Waals surface area contributed by atoms with Crippen LogP contribution < -0.4 is 0 Å². The fraction of sp³-hybridized carbons (Fsp3) is 0.125. The molecule has 0 saturated carbocycles. The molecule has 3 heteroatoms. The fourth-order valence-electron chi connectivity index (χ4n) is 0.453. The van der Waals surface area contributed by atoms with Gasteiger partial charge >= 0.3 is 0 Å². The van der Waals surface area contributed by atoms with E-state index in [-0.39, 0.29) is 5.75 Å². The van der Waals surface area contributed by atoms with Gasteiger partial charge in [0.25, 0.3) is 0 Å². The van der Waals surface area contributed by atoms with E-state index in [2.05, 4.69) is 12.6 Å². The van der Waals surface area contributed by atoms with Crippen molar-refractivity contribution in [3.63, 3.8) is 0 Å². The number of nitriles is 1. The zero-order chi connectivity index (χ0) is 8.69. The molecule has 0 unspecified atom stereocenters. The fourth-order valence-corrected chi connectivity index (χ4v) is 0.602. The van der Waals surface area contributed by atoms with Gasteiger partial charge in [0.05, 0.1) is 6.07 Å². The van der Waals surface area contributed by atoms with Crippen molar-refractivity contribution in [3.05, 3.63) is 24.3 Å². The minimum absolute atomic E-state index is 0.280. The van der Waals surface area contributed by atoms with Gasteiger partial charge in [0, 0.05) is 11.8 Å². The van der Waals surface area contributed by atoms with Crippen LogP contribution in [0.2, 0.25) is 0 Å². The van der Waals surface area contributed by atoms with E-state index in [1.54, 1.807) is 30.3 Å². The monoisotopic (exact) mass is 167 g/mol. The number of phenolic OH excluding ortho intramolecular Hbond substituents is 1. The predicted octanol–water partition coefficient (Wildman–Crippen LogP) is 2.21. The lowest BCUT2D eigenvalue weighted by atomic mass is 10.3. The van der Waals surface area contributed by atoms with Crippen molar-refractivity contribution in [1.29, 1.82) is 5.26 Å². The highest BCUT2D eigenvalue weighted by atomic mass is 32.1. The smallest absolute Gasteiger partial charge is 0.115 e. The number of hydrogen-bond acceptors (Lipinski definition) is 3. The van der Waals surface area contributed by atoms with E-state index in [4.69, 9.17) is 10.4 Å². The molecule has 11 heavy (non-hydrogen) atoms. The molecule has 0 radical (unpaired) electrons. The second-order valence-electron chi connectivity index (χ2n) is 1.74. The van der Waals surface area contributed by atoms with Gasteiger partial charge in [-0.1, -0.05) is 0 Å². The average molecular weight is 167 g/mol. The summed E-state index contributed by atoms with van der Waals surface area (Å²) < 4.78 is 0. The molecule has 1 aromatic carbocycles. The van der Waals surface area contributed by atoms with E-state index in [1.165, 1.54) is 6.92 Å². The molecule has 0 atom stereocenters. The number of nitrogens with zero attached hydrogens (tertiary/aromatic N) is 1. The quantitative estimate of drug-likeness (QED) is 0.582. The van der Waals surface area contributed by atoms with Gasteiger partial charge in [-0.3, -0.25) is 0 Å². The van der Waals surface area contributed by atoms with Crippen LogP contribution in [0.1, 0.15) is 6.92 Å². The van der Waals surface area contributed by atoms with E-state index < -0.39 is 0 Å². The molecule has 1 N–H and O–H groups in total. The second kappa shape index (κ2) is 5.63. The van der Waals surface area contributed by atoms with Gasteiger partial charge in [0.2, 0.25) is 0 Å². The van der Waals surface area contributed by atoms with Gasteiger partial charge in [0.1, 0.15) is 5.75 Å². The normalized spacial score (nSPS) is 7.36. The van der Waals surface area contributed by atoms with Crippen LogP contribution in [0.15, 0.2) is 29.2 Å². The van der Waals surface area contributed by atoms with Crippen LogP contribution in [0.3, 0.4) is 0 Å². The minimum atomic E-state index is 0.280. The zero-order valence-electron chi connectivity index (χ0n) is 6.15. The van der Waals surface area contributed by atoms with Gasteiger partial charge in [-0.15, -0.1) is 12.6 Å². The number of benzene rings is 1. The highest BCUT2D eigenvalue weighted by Gasteiger charge is 1.82. The summed E-state index contributed by atoms with van der Waals surface area (Å²) >= 11 is 4.02. The molecular weight excluding hydrogens is 158 g/mol. The Hall–Kier alpha value is -1.14. The summed E-state index contributed by atoms with van der Waals surface area (Å²) in [5, 5.41) is 16.0. The van der Waals surface area contributed by atoms with Crippen molar-refractivity contribution in [2.24, 2.45) is 0 Å². The van der Waals surface area contributed by atoms with Crippen LogP contribution in [-0.2, 0) is 0 Å². The number of rotatable bonds is 0. The molecule has 0 aliphatic heterocycles. The molecule has 2 nitrogen and oxygen atoms in total. The molecule has 0 aliphatic rings. The summed E-state index contributed by atoms with van der Waals surface area (Å²) in [4.78, 5) is 0.864. The Labute approximate surface area is 71.5 Å². The van der Waals surface area contributed by atoms with Crippen molar-refractivity contribution < 1.29 is 5.11 Å². The molecule has 0 aliphatic carbocycles. The highest BCUT2D eigenvalue weighted by Crippen LogP contribution is 2.11. The second-order valence-corrected chi connectivity index (χ2v) is 2.26. The van der Waals surface area contributed by atoms with Crippen LogP contribution >= 0.6 is 12.6 Å². The van der Waals surface area contributed by atoms with Crippen molar-refractivity contribution in [1.82, 2.24) is 0 Å². The van der Waals surface area contributed by atoms with E-state index in [0.717, 1.165) is 4.90 Å². The van der Waals surface area contributed by atoms with Gasteiger partial charge in [-0.2, -0.15) is 5.26 Å². The standard InChI is InChI=1S/C6H6OS.C2H3N/c7-5-1-3-6(8)4-2-5;1-2-3/h1-4,7-8H;1H3. The first-order chi connectivity index (χ1) is 5.20. The highest BCUT2D eigenvalue weighted by molar-refractivity contribution is 7.80. The Kier molecular flexibility index (Phi) is 5.05. The summed E-state index contributed by atoms with van der Waals surface area (Å²) in [5.41, 5.74) is 0. The number of phenols is 1. The molecule has 0 bridgehead atoms. The van der Waals surface area contributed by atoms with Crippen molar-refractivity contribution in [3.8, 4) is 11.8 Å². The average Bonchev–Trinajstić information content (AvgIpc) is 1.97. The van der Waals surface area contributed by atoms with E-state index in [0.29, 0.717) is 0 Å². The van der Waals surface area contributed by atoms with Crippen molar-refractivity contribution in [2.45, 2.75) is 11.8 Å². The molecule has 0 saturated heterocycles. The Morgan fingerprint density at radius 2 is 1.73 bits per heavy atom. The maximum atomic E-state index is 8.72. The summed E-state index contributed by atoms with van der Waals surface area (Å²) in [6, 6.07) is 8.42. The first-order valence-corrected chi connectivity index (χ1v) is 3.44. The number of aromatic hydroxyl groups is 1. The number of thiol groups is 1. The van der Waals surface area contributed by atoms with E-state index >= 15 is 0 Å². The Morgan fingerprint density at radius 1 is 1.36 bits per heavy atom. The summed E-state index contributed by atoms with van der Waals surface area (Å²) in [6.07, 6.45) is 0. The van der Waals surface area contributed by atoms with Crippen LogP contribution in [0.25, 0.3) is 0 Å². The SMILES string of the molecule is CC#N.Oc1ccc(S)cc1.